The molecular weight excluding hydrogens is 298 g/mol. The van der Waals surface area contributed by atoms with Crippen LogP contribution in [0.25, 0.3) is 0 Å². The van der Waals surface area contributed by atoms with Crippen LogP contribution in [0.2, 0.25) is 0 Å². The van der Waals surface area contributed by atoms with Crippen molar-refractivity contribution in [3.05, 3.63) is 29.3 Å². The third-order valence-electron chi connectivity index (χ3n) is 3.75. The van der Waals surface area contributed by atoms with E-state index in [1.807, 2.05) is 6.92 Å². The number of nitrogens with one attached hydrogen (secondary N) is 2. The monoisotopic (exact) mass is 317 g/mol. The maximum atomic E-state index is 12.8. The lowest BCUT2D eigenvalue weighted by atomic mass is 10.0. The number of hydrogen-bond acceptors (Lipinski definition) is 5. The Morgan fingerprint density at radius 2 is 2.17 bits per heavy atom. The number of carbonyl (C=O) groups excluding carboxylic acids is 4. The van der Waals surface area contributed by atoms with Crippen molar-refractivity contribution in [3.8, 4) is 0 Å². The van der Waals surface area contributed by atoms with E-state index in [-0.39, 0.29) is 12.8 Å². The highest BCUT2D eigenvalue weighted by Gasteiger charge is 2.35. The molecule has 1 aromatic rings. The minimum Gasteiger partial charge on any atom is -0.385 e. The first-order valence-electron chi connectivity index (χ1n) is 7.44. The highest BCUT2D eigenvalue weighted by atomic mass is 16.2. The van der Waals surface area contributed by atoms with Crippen molar-refractivity contribution < 1.29 is 19.2 Å². The van der Waals surface area contributed by atoms with Crippen molar-refractivity contribution >= 4 is 29.8 Å². The number of carbonyl (C=O) groups is 4. The lowest BCUT2D eigenvalue weighted by Gasteiger charge is -2.29. The summed E-state index contributed by atoms with van der Waals surface area (Å²) < 4.78 is 0. The van der Waals surface area contributed by atoms with Gasteiger partial charge < -0.3 is 5.32 Å². The number of hydrogen-bond donors (Lipinski definition) is 2. The van der Waals surface area contributed by atoms with Crippen molar-refractivity contribution in [1.82, 2.24) is 10.2 Å². The Labute approximate surface area is 134 Å². The Hall–Kier alpha value is -2.70. The van der Waals surface area contributed by atoms with Crippen LogP contribution in [-0.4, -0.2) is 41.6 Å². The number of amides is 4. The van der Waals surface area contributed by atoms with Gasteiger partial charge in [0.1, 0.15) is 6.04 Å². The summed E-state index contributed by atoms with van der Waals surface area (Å²) in [7, 11) is 0. The van der Waals surface area contributed by atoms with E-state index < -0.39 is 23.8 Å². The molecule has 0 spiro atoms. The van der Waals surface area contributed by atoms with E-state index in [0.717, 1.165) is 4.90 Å². The summed E-state index contributed by atoms with van der Waals surface area (Å²) in [6.45, 7) is 4.28. The van der Waals surface area contributed by atoms with E-state index in [0.29, 0.717) is 29.8 Å². The van der Waals surface area contributed by atoms with Crippen LogP contribution in [0.3, 0.4) is 0 Å². The molecular formula is C16H19N3O4. The topological polar surface area (TPSA) is 95.6 Å². The molecule has 0 bridgehead atoms. The zero-order chi connectivity index (χ0) is 17.0. The molecule has 0 aromatic heterocycles. The van der Waals surface area contributed by atoms with Gasteiger partial charge >= 0.3 is 0 Å². The Balaban J connectivity index is 2.36. The molecule has 1 heterocycles. The van der Waals surface area contributed by atoms with E-state index in [1.165, 1.54) is 0 Å². The Kier molecular flexibility index (Phi) is 5.10. The molecule has 2 rings (SSSR count). The number of piperidine rings is 1. The number of anilines is 1. The molecule has 0 saturated carbocycles. The molecule has 2 N–H and O–H groups in total. The predicted octanol–water partition coefficient (Wildman–Crippen LogP) is 0.831. The van der Waals surface area contributed by atoms with Gasteiger partial charge in [-0.05, 0) is 31.9 Å². The van der Waals surface area contributed by atoms with Crippen molar-refractivity contribution in [1.29, 1.82) is 0 Å². The van der Waals surface area contributed by atoms with Gasteiger partial charge in [-0.2, -0.15) is 0 Å². The summed E-state index contributed by atoms with van der Waals surface area (Å²) in [4.78, 5) is 48.3. The first-order valence-corrected chi connectivity index (χ1v) is 7.44. The molecule has 23 heavy (non-hydrogen) atoms. The summed E-state index contributed by atoms with van der Waals surface area (Å²) in [6.07, 6.45) is 0.587. The van der Waals surface area contributed by atoms with Crippen LogP contribution >= 0.6 is 0 Å². The van der Waals surface area contributed by atoms with E-state index in [4.69, 9.17) is 0 Å². The summed E-state index contributed by atoms with van der Waals surface area (Å²) in [5.74, 6) is -1.57. The zero-order valence-electron chi connectivity index (χ0n) is 13.1. The Morgan fingerprint density at radius 3 is 2.78 bits per heavy atom. The van der Waals surface area contributed by atoms with Crippen molar-refractivity contribution in [3.63, 3.8) is 0 Å². The standard InChI is InChI=1S/C16H19N3O4/c1-3-17-11-6-4-5-10(2)14(11)16(23)19(9-20)12-7-8-13(21)18-15(12)22/h4-6,9,12,17H,3,7-8H2,1-2H3,(H,18,21,22). The number of rotatable bonds is 5. The fourth-order valence-electron chi connectivity index (χ4n) is 2.63. The highest BCUT2D eigenvalue weighted by Crippen LogP contribution is 2.23. The largest absolute Gasteiger partial charge is 0.385 e. The van der Waals surface area contributed by atoms with Crippen LogP contribution in [0.5, 0.6) is 0 Å². The normalized spacial score (nSPS) is 17.4. The number of benzene rings is 1. The number of aryl methyl sites for hydroxylation is 1. The summed E-state index contributed by atoms with van der Waals surface area (Å²) >= 11 is 0. The molecule has 0 radical (unpaired) electrons. The maximum absolute atomic E-state index is 12.8. The molecule has 1 aromatic carbocycles. The van der Waals surface area contributed by atoms with Crippen LogP contribution in [0, 0.1) is 6.92 Å². The summed E-state index contributed by atoms with van der Waals surface area (Å²) in [6, 6.07) is 4.35. The molecule has 4 amide bonds. The lowest BCUT2D eigenvalue weighted by Crippen LogP contribution is -2.54. The van der Waals surface area contributed by atoms with Gasteiger partial charge in [0, 0.05) is 18.7 Å². The molecule has 7 heteroatoms. The smallest absolute Gasteiger partial charge is 0.263 e. The lowest BCUT2D eigenvalue weighted by molar-refractivity contribution is -0.139. The third-order valence-corrected chi connectivity index (χ3v) is 3.75. The first kappa shape index (κ1) is 16.7. The van der Waals surface area contributed by atoms with Crippen LogP contribution in [-0.2, 0) is 14.4 Å². The maximum Gasteiger partial charge on any atom is 0.263 e. The SMILES string of the molecule is CCNc1cccc(C)c1C(=O)N(C=O)C1CCC(=O)NC1=O. The van der Waals surface area contributed by atoms with Crippen LogP contribution in [0.15, 0.2) is 18.2 Å². The van der Waals surface area contributed by atoms with E-state index in [9.17, 15) is 19.2 Å². The van der Waals surface area contributed by atoms with Crippen LogP contribution < -0.4 is 10.6 Å². The van der Waals surface area contributed by atoms with Gasteiger partial charge in [0.25, 0.3) is 5.91 Å². The van der Waals surface area contributed by atoms with Crippen LogP contribution in [0.4, 0.5) is 5.69 Å². The minimum atomic E-state index is -0.966. The fourth-order valence-corrected chi connectivity index (χ4v) is 2.63. The Morgan fingerprint density at radius 1 is 1.43 bits per heavy atom. The van der Waals surface area contributed by atoms with Gasteiger partial charge in [0.2, 0.25) is 18.2 Å². The van der Waals surface area contributed by atoms with Gasteiger partial charge in [0.05, 0.1) is 5.56 Å². The predicted molar refractivity (Wildman–Crippen MR) is 83.7 cm³/mol. The van der Waals surface area contributed by atoms with Gasteiger partial charge in [-0.25, -0.2) is 0 Å². The molecule has 1 unspecified atom stereocenters. The molecule has 1 aliphatic heterocycles. The van der Waals surface area contributed by atoms with Gasteiger partial charge in [-0.15, -0.1) is 0 Å². The third kappa shape index (κ3) is 3.39. The van der Waals surface area contributed by atoms with Gasteiger partial charge in [-0.1, -0.05) is 12.1 Å². The van der Waals surface area contributed by atoms with Gasteiger partial charge in [0.15, 0.2) is 0 Å². The molecule has 0 aliphatic carbocycles. The molecule has 122 valence electrons. The number of nitrogens with zero attached hydrogens (tertiary/aromatic N) is 1. The zero-order valence-corrected chi connectivity index (χ0v) is 13.1. The second-order valence-corrected chi connectivity index (χ2v) is 5.31. The van der Waals surface area contributed by atoms with Crippen LogP contribution in [0.1, 0.15) is 35.7 Å². The highest BCUT2D eigenvalue weighted by molar-refractivity contribution is 6.09. The molecule has 1 saturated heterocycles. The second-order valence-electron chi connectivity index (χ2n) is 5.31. The average molecular weight is 317 g/mol. The van der Waals surface area contributed by atoms with E-state index in [2.05, 4.69) is 10.6 Å². The van der Waals surface area contributed by atoms with E-state index in [1.54, 1.807) is 25.1 Å². The van der Waals surface area contributed by atoms with Crippen molar-refractivity contribution in [2.45, 2.75) is 32.7 Å². The number of imide groups is 2. The minimum absolute atomic E-state index is 0.0991. The first-order chi connectivity index (χ1) is 11.0. The van der Waals surface area contributed by atoms with Crippen molar-refractivity contribution in [2.75, 3.05) is 11.9 Å². The molecule has 1 fully saturated rings. The Bertz CT molecular complexity index is 657. The average Bonchev–Trinajstić information content (AvgIpc) is 2.50. The molecule has 1 atom stereocenters. The quantitative estimate of drug-likeness (QED) is 0.619. The second kappa shape index (κ2) is 7.04. The van der Waals surface area contributed by atoms with E-state index >= 15 is 0 Å². The van der Waals surface area contributed by atoms with Crippen molar-refractivity contribution in [2.24, 2.45) is 0 Å². The molecule has 1 aliphatic rings. The molecule has 7 nitrogen and oxygen atoms in total. The summed E-state index contributed by atoms with van der Waals surface area (Å²) in [5.41, 5.74) is 1.66. The summed E-state index contributed by atoms with van der Waals surface area (Å²) in [5, 5.41) is 5.24. The van der Waals surface area contributed by atoms with Gasteiger partial charge in [-0.3, -0.25) is 29.4 Å². The fraction of sp³-hybridized carbons (Fsp3) is 0.375.